The van der Waals surface area contributed by atoms with Crippen LogP contribution in [0.3, 0.4) is 0 Å². The summed E-state index contributed by atoms with van der Waals surface area (Å²) < 4.78 is 6.71. The molecule has 0 saturated carbocycles. The highest BCUT2D eigenvalue weighted by Crippen LogP contribution is 2.19. The van der Waals surface area contributed by atoms with Gasteiger partial charge in [-0.15, -0.1) is 0 Å². The Hall–Kier alpha value is -2.21. The Labute approximate surface area is 134 Å². The highest BCUT2D eigenvalue weighted by molar-refractivity contribution is 6.04. The first-order valence-corrected chi connectivity index (χ1v) is 7.97. The number of rotatable bonds is 3. The lowest BCUT2D eigenvalue weighted by Crippen LogP contribution is -2.41. The minimum absolute atomic E-state index is 0.113. The quantitative estimate of drug-likeness (QED) is 0.864. The normalized spacial score (nSPS) is 16.0. The van der Waals surface area contributed by atoms with E-state index in [1.54, 1.807) is 24.1 Å². The summed E-state index contributed by atoms with van der Waals surface area (Å²) in [6.07, 6.45) is 1.87. The van der Waals surface area contributed by atoms with Crippen LogP contribution in [0.5, 0.6) is 0 Å². The second-order valence-corrected chi connectivity index (χ2v) is 5.74. The van der Waals surface area contributed by atoms with Gasteiger partial charge in [-0.3, -0.25) is 9.59 Å². The fourth-order valence-corrected chi connectivity index (χ4v) is 3.05. The zero-order valence-corrected chi connectivity index (χ0v) is 13.5. The number of fused-ring (bicyclic) bond motifs is 1. The molecule has 1 amide bonds. The van der Waals surface area contributed by atoms with E-state index >= 15 is 0 Å². The summed E-state index contributed by atoms with van der Waals surface area (Å²) in [5.41, 5.74) is 0.204. The number of amides is 1. The van der Waals surface area contributed by atoms with Crippen molar-refractivity contribution in [3.05, 3.63) is 40.3 Å². The van der Waals surface area contributed by atoms with E-state index in [2.05, 4.69) is 5.10 Å². The van der Waals surface area contributed by atoms with Gasteiger partial charge in [0.05, 0.1) is 11.5 Å². The van der Waals surface area contributed by atoms with E-state index in [9.17, 15) is 9.59 Å². The van der Waals surface area contributed by atoms with Crippen molar-refractivity contribution in [1.82, 2.24) is 14.7 Å². The molecule has 0 unspecified atom stereocenters. The first-order valence-electron chi connectivity index (χ1n) is 7.97. The van der Waals surface area contributed by atoms with E-state index in [1.165, 1.54) is 4.68 Å². The molecule has 1 aliphatic rings. The average Bonchev–Trinajstić information content (AvgIpc) is 2.62. The van der Waals surface area contributed by atoms with Gasteiger partial charge < -0.3 is 9.64 Å². The fourth-order valence-electron chi connectivity index (χ4n) is 3.05. The Kier molecular flexibility index (Phi) is 4.43. The van der Waals surface area contributed by atoms with E-state index in [0.717, 1.165) is 12.8 Å². The van der Waals surface area contributed by atoms with Gasteiger partial charge in [-0.1, -0.05) is 18.2 Å². The van der Waals surface area contributed by atoms with Crippen LogP contribution in [0.15, 0.2) is 29.1 Å². The van der Waals surface area contributed by atoms with Gasteiger partial charge in [-0.25, -0.2) is 4.68 Å². The average molecular weight is 315 g/mol. The van der Waals surface area contributed by atoms with E-state index in [0.29, 0.717) is 36.1 Å². The van der Waals surface area contributed by atoms with Gasteiger partial charge in [0.2, 0.25) is 0 Å². The van der Waals surface area contributed by atoms with Crippen LogP contribution in [0.2, 0.25) is 0 Å². The van der Waals surface area contributed by atoms with Crippen molar-refractivity contribution in [2.45, 2.75) is 32.4 Å². The molecule has 1 aliphatic heterocycles. The number of aromatic nitrogens is 2. The Morgan fingerprint density at radius 1 is 1.26 bits per heavy atom. The van der Waals surface area contributed by atoms with Crippen molar-refractivity contribution in [3.8, 4) is 0 Å². The third kappa shape index (κ3) is 2.86. The molecule has 0 spiro atoms. The molecule has 1 aromatic heterocycles. The maximum Gasteiger partial charge on any atom is 0.274 e. The van der Waals surface area contributed by atoms with Crippen LogP contribution in [0, 0.1) is 0 Å². The Morgan fingerprint density at radius 3 is 2.52 bits per heavy atom. The van der Waals surface area contributed by atoms with Crippen LogP contribution >= 0.6 is 0 Å². The predicted octanol–water partition coefficient (Wildman–Crippen LogP) is 1.67. The first kappa shape index (κ1) is 15.7. The minimum Gasteiger partial charge on any atom is -0.381 e. The number of likely N-dealkylation sites (tertiary alicyclic amines) is 1. The number of ether oxygens (including phenoxy) is 1. The lowest BCUT2D eigenvalue weighted by molar-refractivity contribution is 0.0347. The van der Waals surface area contributed by atoms with Crippen molar-refractivity contribution in [1.29, 1.82) is 0 Å². The second kappa shape index (κ2) is 6.50. The largest absolute Gasteiger partial charge is 0.381 e. The lowest BCUT2D eigenvalue weighted by atomic mass is 10.1. The van der Waals surface area contributed by atoms with Crippen molar-refractivity contribution < 1.29 is 9.53 Å². The van der Waals surface area contributed by atoms with Crippen molar-refractivity contribution in [3.63, 3.8) is 0 Å². The van der Waals surface area contributed by atoms with Crippen LogP contribution in [-0.2, 0) is 11.3 Å². The molecule has 2 heterocycles. The Morgan fingerprint density at radius 2 is 1.91 bits per heavy atom. The molecule has 0 N–H and O–H groups in total. The standard InChI is InChI=1S/C17H21N3O3/c1-3-20-16(21)14-7-5-4-6-13(14)15(18-20)17(22)19-10-8-12(23-2)9-11-19/h4-7,12H,3,8-11H2,1-2H3. The summed E-state index contributed by atoms with van der Waals surface area (Å²) in [5, 5.41) is 5.48. The molecule has 6 heteroatoms. The van der Waals surface area contributed by atoms with Crippen LogP contribution in [0.25, 0.3) is 10.8 Å². The highest BCUT2D eigenvalue weighted by Gasteiger charge is 2.26. The molecule has 122 valence electrons. The van der Waals surface area contributed by atoms with Crippen LogP contribution in [0.4, 0.5) is 0 Å². The molecule has 1 fully saturated rings. The predicted molar refractivity (Wildman–Crippen MR) is 87.6 cm³/mol. The smallest absolute Gasteiger partial charge is 0.274 e. The molecule has 0 bridgehead atoms. The van der Waals surface area contributed by atoms with Gasteiger partial charge in [0.25, 0.3) is 11.5 Å². The molecule has 0 radical (unpaired) electrons. The highest BCUT2D eigenvalue weighted by atomic mass is 16.5. The number of carbonyl (C=O) groups is 1. The van der Waals surface area contributed by atoms with Gasteiger partial charge in [0.1, 0.15) is 0 Å². The molecule has 1 saturated heterocycles. The van der Waals surface area contributed by atoms with Crippen LogP contribution < -0.4 is 5.56 Å². The molecule has 3 rings (SSSR count). The SMILES string of the molecule is CCn1nc(C(=O)N2CCC(OC)CC2)c2ccccc2c1=O. The van der Waals surface area contributed by atoms with Crippen molar-refractivity contribution in [2.24, 2.45) is 0 Å². The summed E-state index contributed by atoms with van der Waals surface area (Å²) in [4.78, 5) is 27.0. The zero-order valence-electron chi connectivity index (χ0n) is 13.5. The molecule has 23 heavy (non-hydrogen) atoms. The summed E-state index contributed by atoms with van der Waals surface area (Å²) >= 11 is 0. The van der Waals surface area contributed by atoms with Gasteiger partial charge in [0.15, 0.2) is 5.69 Å². The molecule has 6 nitrogen and oxygen atoms in total. The molecular formula is C17H21N3O3. The Balaban J connectivity index is 2.01. The van der Waals surface area contributed by atoms with E-state index in [4.69, 9.17) is 4.74 Å². The number of methoxy groups -OCH3 is 1. The number of hydrogen-bond donors (Lipinski definition) is 0. The summed E-state index contributed by atoms with van der Waals surface area (Å²) in [6, 6.07) is 7.17. The number of hydrogen-bond acceptors (Lipinski definition) is 4. The van der Waals surface area contributed by atoms with E-state index < -0.39 is 0 Å². The maximum atomic E-state index is 12.9. The summed E-state index contributed by atoms with van der Waals surface area (Å²) in [6.45, 7) is 3.59. The summed E-state index contributed by atoms with van der Waals surface area (Å²) in [7, 11) is 1.70. The summed E-state index contributed by atoms with van der Waals surface area (Å²) in [5.74, 6) is -0.113. The van der Waals surface area contributed by atoms with Crippen LogP contribution in [-0.4, -0.2) is 46.9 Å². The van der Waals surface area contributed by atoms with Gasteiger partial charge in [-0.05, 0) is 25.8 Å². The van der Waals surface area contributed by atoms with Gasteiger partial charge in [-0.2, -0.15) is 5.10 Å². The van der Waals surface area contributed by atoms with Crippen molar-refractivity contribution >= 4 is 16.7 Å². The van der Waals surface area contributed by atoms with Gasteiger partial charge in [0, 0.05) is 32.1 Å². The number of nitrogens with zero attached hydrogens (tertiary/aromatic N) is 3. The molecule has 0 aliphatic carbocycles. The number of piperidine rings is 1. The number of aryl methyl sites for hydroxylation is 1. The topological polar surface area (TPSA) is 64.4 Å². The fraction of sp³-hybridized carbons (Fsp3) is 0.471. The maximum absolute atomic E-state index is 12.9. The molecular weight excluding hydrogens is 294 g/mol. The molecule has 2 aromatic rings. The zero-order chi connectivity index (χ0) is 16.4. The lowest BCUT2D eigenvalue weighted by Gasteiger charge is -2.31. The third-order valence-electron chi connectivity index (χ3n) is 4.43. The third-order valence-corrected chi connectivity index (χ3v) is 4.43. The van der Waals surface area contributed by atoms with Crippen molar-refractivity contribution in [2.75, 3.05) is 20.2 Å². The number of carbonyl (C=O) groups excluding carboxylic acids is 1. The molecule has 0 atom stereocenters. The number of benzene rings is 1. The Bertz CT molecular complexity index is 776. The van der Waals surface area contributed by atoms with Crippen LogP contribution in [0.1, 0.15) is 30.3 Å². The van der Waals surface area contributed by atoms with E-state index in [1.807, 2.05) is 19.1 Å². The van der Waals surface area contributed by atoms with Gasteiger partial charge >= 0.3 is 0 Å². The second-order valence-electron chi connectivity index (χ2n) is 5.74. The monoisotopic (exact) mass is 315 g/mol. The molecule has 1 aromatic carbocycles. The van der Waals surface area contributed by atoms with E-state index in [-0.39, 0.29) is 17.6 Å². The minimum atomic E-state index is -0.155. The first-order chi connectivity index (χ1) is 11.2.